The quantitative estimate of drug-likeness (QED) is 0.665. The van der Waals surface area contributed by atoms with Gasteiger partial charge in [0.1, 0.15) is 6.04 Å². The Kier molecular flexibility index (Phi) is 6.02. The lowest BCUT2D eigenvalue weighted by Gasteiger charge is -2.22. The van der Waals surface area contributed by atoms with Gasteiger partial charge in [-0.25, -0.2) is 9.36 Å². The Morgan fingerprint density at radius 2 is 2.00 bits per heavy atom. The number of hydrogen-bond acceptors (Lipinski definition) is 6. The molecule has 0 aliphatic carbocycles. The highest BCUT2D eigenvalue weighted by Gasteiger charge is 2.23. The molecule has 2 rings (SSSR count). The number of nitrogens with one attached hydrogen (secondary N) is 2. The number of aromatic nitrogens is 2. The maximum Gasteiger partial charge on any atom is 0.329 e. The summed E-state index contributed by atoms with van der Waals surface area (Å²) in [5.41, 5.74) is -0.981. The third kappa shape index (κ3) is 4.11. The van der Waals surface area contributed by atoms with E-state index >= 15 is 0 Å². The summed E-state index contributed by atoms with van der Waals surface area (Å²) in [5.74, 6) is -1.63. The Bertz CT molecular complexity index is 905. The third-order valence-corrected chi connectivity index (χ3v) is 4.46. The molecule has 0 fully saturated rings. The zero-order chi connectivity index (χ0) is 18.6. The van der Waals surface area contributed by atoms with E-state index in [0.717, 1.165) is 4.57 Å². The molecule has 0 spiro atoms. The van der Waals surface area contributed by atoms with Gasteiger partial charge in [-0.2, -0.15) is 11.8 Å². The second kappa shape index (κ2) is 8.02. The molecule has 2 aromatic rings. The topological polar surface area (TPSA) is 124 Å². The number of thioether (sulfide) groups is 1. The number of rotatable bonds is 7. The first-order chi connectivity index (χ1) is 11.9. The van der Waals surface area contributed by atoms with Gasteiger partial charge in [0.2, 0.25) is 5.91 Å². The van der Waals surface area contributed by atoms with Gasteiger partial charge >= 0.3 is 5.69 Å². The number of carboxylic acids is 1. The van der Waals surface area contributed by atoms with Crippen molar-refractivity contribution in [1.29, 1.82) is 0 Å². The number of carboxylic acid groups (broad SMARTS) is 1. The van der Waals surface area contributed by atoms with Crippen LogP contribution < -0.4 is 21.7 Å². The molecule has 0 saturated carbocycles. The first kappa shape index (κ1) is 18.8. The number of hydrogen-bond donors (Lipinski definition) is 2. The third-order valence-electron chi connectivity index (χ3n) is 3.82. The lowest BCUT2D eigenvalue weighted by atomic mass is 10.2. The van der Waals surface area contributed by atoms with Gasteiger partial charge in [0.05, 0.1) is 22.9 Å². The van der Waals surface area contributed by atoms with E-state index in [9.17, 15) is 24.3 Å². The SMILES string of the molecule is CSCC[C@H](NC(=O)[C@H](C)n1c(=O)[nH]c2ccccc2c1=O)C(=O)[O-]. The molecule has 0 radical (unpaired) electrons. The van der Waals surface area contributed by atoms with Crippen LogP contribution >= 0.6 is 11.8 Å². The minimum atomic E-state index is -1.41. The standard InChI is InChI=1S/C16H19N3O5S/c1-9(13(20)17-12(15(22)23)7-8-25-2)19-14(21)10-5-3-4-6-11(10)18-16(19)24/h3-6,9,12H,7-8H2,1-2H3,(H,17,20)(H,18,24)(H,22,23)/p-1/t9-,12-/m0/s1. The van der Waals surface area contributed by atoms with Crippen molar-refractivity contribution in [2.45, 2.75) is 25.4 Å². The van der Waals surface area contributed by atoms with E-state index in [4.69, 9.17) is 0 Å². The smallest absolute Gasteiger partial charge is 0.329 e. The van der Waals surface area contributed by atoms with Crippen LogP contribution in [0.15, 0.2) is 33.9 Å². The van der Waals surface area contributed by atoms with E-state index in [1.807, 2.05) is 6.26 Å². The number of nitrogens with zero attached hydrogens (tertiary/aromatic N) is 1. The molecule has 2 N–H and O–H groups in total. The molecule has 0 bridgehead atoms. The van der Waals surface area contributed by atoms with Crippen molar-refractivity contribution < 1.29 is 14.7 Å². The van der Waals surface area contributed by atoms with Crippen molar-refractivity contribution in [2.24, 2.45) is 0 Å². The molecule has 134 valence electrons. The van der Waals surface area contributed by atoms with Gasteiger partial charge in [-0.1, -0.05) is 12.1 Å². The van der Waals surface area contributed by atoms with E-state index in [1.165, 1.54) is 24.8 Å². The fraction of sp³-hybridized carbons (Fsp3) is 0.375. The second-order valence-electron chi connectivity index (χ2n) is 5.49. The minimum Gasteiger partial charge on any atom is -0.548 e. The summed E-state index contributed by atoms with van der Waals surface area (Å²) >= 11 is 1.43. The van der Waals surface area contributed by atoms with Crippen molar-refractivity contribution in [3.63, 3.8) is 0 Å². The largest absolute Gasteiger partial charge is 0.548 e. The zero-order valence-electron chi connectivity index (χ0n) is 13.8. The van der Waals surface area contributed by atoms with Crippen molar-refractivity contribution in [1.82, 2.24) is 14.9 Å². The van der Waals surface area contributed by atoms with Crippen LogP contribution in [0.4, 0.5) is 0 Å². The number of carbonyl (C=O) groups excluding carboxylic acids is 2. The molecule has 1 amide bonds. The average molecular weight is 364 g/mol. The zero-order valence-corrected chi connectivity index (χ0v) is 14.6. The maximum atomic E-state index is 12.5. The Morgan fingerprint density at radius 1 is 1.32 bits per heavy atom. The molecule has 0 aliphatic rings. The van der Waals surface area contributed by atoms with Crippen LogP contribution in [0.5, 0.6) is 0 Å². The molecule has 8 nitrogen and oxygen atoms in total. The van der Waals surface area contributed by atoms with Gasteiger partial charge in [-0.15, -0.1) is 0 Å². The number of benzene rings is 1. The molecule has 9 heteroatoms. The summed E-state index contributed by atoms with van der Waals surface area (Å²) in [4.78, 5) is 50.7. The van der Waals surface area contributed by atoms with E-state index < -0.39 is 35.2 Å². The normalized spacial score (nSPS) is 13.4. The van der Waals surface area contributed by atoms with Crippen molar-refractivity contribution in [3.8, 4) is 0 Å². The van der Waals surface area contributed by atoms with Crippen LogP contribution in [0.2, 0.25) is 0 Å². The molecule has 1 aromatic heterocycles. The molecular weight excluding hydrogens is 346 g/mol. The van der Waals surface area contributed by atoms with Crippen LogP contribution in [0.3, 0.4) is 0 Å². The molecule has 0 saturated heterocycles. The second-order valence-corrected chi connectivity index (χ2v) is 6.47. The molecule has 1 aromatic carbocycles. The predicted octanol–water partition coefficient (Wildman–Crippen LogP) is -0.761. The van der Waals surface area contributed by atoms with Gasteiger partial charge in [-0.3, -0.25) is 9.59 Å². The Hall–Kier alpha value is -2.55. The van der Waals surface area contributed by atoms with E-state index in [2.05, 4.69) is 10.3 Å². The van der Waals surface area contributed by atoms with Crippen LogP contribution in [0.1, 0.15) is 19.4 Å². The number of para-hydroxylation sites is 1. The van der Waals surface area contributed by atoms with Gasteiger partial charge in [0.15, 0.2) is 0 Å². The van der Waals surface area contributed by atoms with Crippen LogP contribution in [0, 0.1) is 0 Å². The monoisotopic (exact) mass is 364 g/mol. The van der Waals surface area contributed by atoms with E-state index in [1.54, 1.807) is 18.2 Å². The predicted molar refractivity (Wildman–Crippen MR) is 93.5 cm³/mol. The molecule has 1 heterocycles. The summed E-state index contributed by atoms with van der Waals surface area (Å²) < 4.78 is 0.776. The van der Waals surface area contributed by atoms with Crippen LogP contribution in [-0.4, -0.2) is 39.5 Å². The van der Waals surface area contributed by atoms with E-state index in [-0.39, 0.29) is 11.8 Å². The number of carbonyl (C=O) groups is 2. The van der Waals surface area contributed by atoms with Gasteiger partial charge in [-0.05, 0) is 37.5 Å². The number of aliphatic carboxylic acids is 1. The lowest BCUT2D eigenvalue weighted by Crippen LogP contribution is -2.51. The highest BCUT2D eigenvalue weighted by molar-refractivity contribution is 7.98. The van der Waals surface area contributed by atoms with Crippen molar-refractivity contribution in [2.75, 3.05) is 12.0 Å². The van der Waals surface area contributed by atoms with Gasteiger partial charge in [0.25, 0.3) is 5.56 Å². The summed E-state index contributed by atoms with van der Waals surface area (Å²) in [6, 6.07) is 4.09. The summed E-state index contributed by atoms with van der Waals surface area (Å²) in [7, 11) is 0. The van der Waals surface area contributed by atoms with E-state index in [0.29, 0.717) is 11.3 Å². The lowest BCUT2D eigenvalue weighted by molar-refractivity contribution is -0.308. The molecule has 25 heavy (non-hydrogen) atoms. The Labute approximate surface area is 147 Å². The first-order valence-corrected chi connectivity index (χ1v) is 9.00. The Balaban J connectivity index is 2.33. The summed E-state index contributed by atoms with van der Waals surface area (Å²) in [6.45, 7) is 1.36. The molecule has 0 unspecified atom stereocenters. The average Bonchev–Trinajstić information content (AvgIpc) is 2.57. The number of aromatic amines is 1. The van der Waals surface area contributed by atoms with Crippen molar-refractivity contribution in [3.05, 3.63) is 45.1 Å². The van der Waals surface area contributed by atoms with Gasteiger partial charge < -0.3 is 20.2 Å². The van der Waals surface area contributed by atoms with Crippen LogP contribution in [-0.2, 0) is 9.59 Å². The first-order valence-electron chi connectivity index (χ1n) is 7.60. The Morgan fingerprint density at radius 3 is 2.64 bits per heavy atom. The molecule has 2 atom stereocenters. The van der Waals surface area contributed by atoms with Crippen LogP contribution in [0.25, 0.3) is 10.9 Å². The highest BCUT2D eigenvalue weighted by Crippen LogP contribution is 2.07. The number of amides is 1. The number of H-pyrrole nitrogens is 1. The maximum absolute atomic E-state index is 12.5. The fourth-order valence-electron chi connectivity index (χ4n) is 2.42. The fourth-order valence-corrected chi connectivity index (χ4v) is 2.89. The van der Waals surface area contributed by atoms with Gasteiger partial charge in [0, 0.05) is 0 Å². The molecular formula is C16H18N3O5S-. The summed E-state index contributed by atoms with van der Waals surface area (Å²) in [5, 5.41) is 13.7. The van der Waals surface area contributed by atoms with Crippen molar-refractivity contribution >= 4 is 34.5 Å². The number of fused-ring (bicyclic) bond motifs is 1. The molecule has 0 aliphatic heterocycles. The summed E-state index contributed by atoms with van der Waals surface area (Å²) in [6.07, 6.45) is 2.00. The highest BCUT2D eigenvalue weighted by atomic mass is 32.2. The minimum absolute atomic E-state index is 0.185.